The first-order chi connectivity index (χ1) is 12.9. The van der Waals surface area contributed by atoms with Crippen LogP contribution in [0.25, 0.3) is 10.9 Å². The quantitative estimate of drug-likeness (QED) is 0.736. The normalized spacial score (nSPS) is 17.2. The van der Waals surface area contributed by atoms with E-state index in [9.17, 15) is 18.0 Å². The van der Waals surface area contributed by atoms with Crippen LogP contribution in [-0.2, 0) is 25.7 Å². The molecule has 3 aromatic rings. The van der Waals surface area contributed by atoms with E-state index in [1.807, 2.05) is 30.3 Å². The molecule has 0 aliphatic carbocycles. The second kappa shape index (κ2) is 6.84. The van der Waals surface area contributed by atoms with Gasteiger partial charge in [-0.25, -0.2) is 4.98 Å². The largest absolute Gasteiger partial charge is 0.434 e. The molecule has 5 nitrogen and oxygen atoms in total. The van der Waals surface area contributed by atoms with Crippen LogP contribution in [0.15, 0.2) is 41.3 Å². The molecule has 2 N–H and O–H groups in total. The Hall–Kier alpha value is -2.61. The molecule has 1 aliphatic rings. The zero-order valence-corrected chi connectivity index (χ0v) is 14.5. The lowest BCUT2D eigenvalue weighted by atomic mass is 9.99. The van der Waals surface area contributed by atoms with Gasteiger partial charge in [0.2, 0.25) is 0 Å². The van der Waals surface area contributed by atoms with Gasteiger partial charge in [0.05, 0.1) is 0 Å². The Morgan fingerprint density at radius 2 is 2.11 bits per heavy atom. The zero-order chi connectivity index (χ0) is 19.0. The van der Waals surface area contributed by atoms with E-state index in [1.54, 1.807) is 4.57 Å². The van der Waals surface area contributed by atoms with Gasteiger partial charge in [-0.15, -0.1) is 0 Å². The highest BCUT2D eigenvalue weighted by molar-refractivity contribution is 5.78. The number of para-hydroxylation sites is 1. The fourth-order valence-electron chi connectivity index (χ4n) is 3.55. The Morgan fingerprint density at radius 1 is 1.30 bits per heavy atom. The molecule has 3 heterocycles. The maximum Gasteiger partial charge on any atom is 0.434 e. The summed E-state index contributed by atoms with van der Waals surface area (Å²) in [5, 5.41) is 4.24. The summed E-state index contributed by atoms with van der Waals surface area (Å²) in [7, 11) is 0. The number of nitrogens with zero attached hydrogens (tertiary/aromatic N) is 2. The molecule has 1 unspecified atom stereocenters. The van der Waals surface area contributed by atoms with Crippen molar-refractivity contribution < 1.29 is 13.2 Å². The molecule has 0 bridgehead atoms. The zero-order valence-electron chi connectivity index (χ0n) is 14.5. The molecular formula is C19H19F3N4O. The van der Waals surface area contributed by atoms with E-state index in [-0.39, 0.29) is 11.5 Å². The highest BCUT2D eigenvalue weighted by Gasteiger charge is 2.35. The molecule has 1 atom stereocenters. The van der Waals surface area contributed by atoms with Crippen LogP contribution < -0.4 is 10.9 Å². The molecule has 0 saturated carbocycles. The summed E-state index contributed by atoms with van der Waals surface area (Å²) in [6, 6.07) is 9.44. The molecule has 142 valence electrons. The van der Waals surface area contributed by atoms with Gasteiger partial charge in [-0.05, 0) is 36.4 Å². The van der Waals surface area contributed by atoms with Crippen molar-refractivity contribution in [2.75, 3.05) is 6.54 Å². The summed E-state index contributed by atoms with van der Waals surface area (Å²) < 4.78 is 40.0. The number of fused-ring (bicyclic) bond motifs is 2. The molecule has 0 spiro atoms. The number of nitrogens with one attached hydrogen (secondary N) is 2. The first kappa shape index (κ1) is 17.8. The molecule has 8 heteroatoms. The van der Waals surface area contributed by atoms with Crippen LogP contribution in [0.1, 0.15) is 23.5 Å². The number of alkyl halides is 3. The summed E-state index contributed by atoms with van der Waals surface area (Å²) >= 11 is 0. The predicted molar refractivity (Wildman–Crippen MR) is 95.3 cm³/mol. The van der Waals surface area contributed by atoms with E-state index < -0.39 is 11.9 Å². The van der Waals surface area contributed by atoms with E-state index >= 15 is 0 Å². The van der Waals surface area contributed by atoms with Crippen molar-refractivity contribution in [1.82, 2.24) is 19.9 Å². The van der Waals surface area contributed by atoms with Crippen LogP contribution >= 0.6 is 0 Å². The van der Waals surface area contributed by atoms with Crippen molar-refractivity contribution in [3.8, 4) is 0 Å². The molecule has 27 heavy (non-hydrogen) atoms. The van der Waals surface area contributed by atoms with Gasteiger partial charge < -0.3 is 14.9 Å². The van der Waals surface area contributed by atoms with Gasteiger partial charge in [0.1, 0.15) is 5.82 Å². The number of hydrogen-bond acceptors (Lipinski definition) is 3. The minimum Gasteiger partial charge on any atom is -0.334 e. The number of halogens is 3. The summed E-state index contributed by atoms with van der Waals surface area (Å²) in [6.45, 7) is 1.55. The number of benzene rings is 1. The minimum absolute atomic E-state index is 0.128. The van der Waals surface area contributed by atoms with Gasteiger partial charge in [0, 0.05) is 36.8 Å². The number of aromatic amines is 1. The van der Waals surface area contributed by atoms with Gasteiger partial charge in [-0.3, -0.25) is 4.79 Å². The molecule has 1 aromatic carbocycles. The maximum atomic E-state index is 12.8. The second-order valence-corrected chi connectivity index (χ2v) is 6.94. The number of aryl methyl sites for hydroxylation is 1. The third-order valence-electron chi connectivity index (χ3n) is 4.96. The summed E-state index contributed by atoms with van der Waals surface area (Å²) in [5.41, 5.74) is 0.490. The Labute approximate surface area is 153 Å². The monoisotopic (exact) mass is 376 g/mol. The van der Waals surface area contributed by atoms with E-state index in [4.69, 9.17) is 0 Å². The van der Waals surface area contributed by atoms with E-state index in [2.05, 4.69) is 15.3 Å². The SMILES string of the molecule is O=c1[nH]c2ccccc2cc1CNCC1CCc2nc(C(F)(F)F)cn2C1. The number of aromatic nitrogens is 3. The Bertz CT molecular complexity index is 1020. The van der Waals surface area contributed by atoms with Gasteiger partial charge in [0.25, 0.3) is 5.56 Å². The predicted octanol–water partition coefficient (Wildman–Crippen LogP) is 3.10. The van der Waals surface area contributed by atoms with Gasteiger partial charge >= 0.3 is 6.18 Å². The number of H-pyrrole nitrogens is 1. The molecule has 0 amide bonds. The first-order valence-electron chi connectivity index (χ1n) is 8.85. The summed E-state index contributed by atoms with van der Waals surface area (Å²) in [4.78, 5) is 18.7. The van der Waals surface area contributed by atoms with Crippen molar-refractivity contribution in [1.29, 1.82) is 0 Å². The van der Waals surface area contributed by atoms with Crippen LogP contribution in [0.5, 0.6) is 0 Å². The van der Waals surface area contributed by atoms with Crippen molar-refractivity contribution >= 4 is 10.9 Å². The molecule has 4 rings (SSSR count). The first-order valence-corrected chi connectivity index (χ1v) is 8.85. The topological polar surface area (TPSA) is 62.7 Å². The molecule has 1 aliphatic heterocycles. The molecular weight excluding hydrogens is 357 g/mol. The fraction of sp³-hybridized carbons (Fsp3) is 0.368. The minimum atomic E-state index is -4.41. The summed E-state index contributed by atoms with van der Waals surface area (Å²) in [6.07, 6.45) is -2.01. The highest BCUT2D eigenvalue weighted by atomic mass is 19.4. The van der Waals surface area contributed by atoms with Gasteiger partial charge in [0.15, 0.2) is 5.69 Å². The van der Waals surface area contributed by atoms with Crippen molar-refractivity contribution in [3.05, 3.63) is 64.0 Å². The molecule has 2 aromatic heterocycles. The fourth-order valence-corrected chi connectivity index (χ4v) is 3.55. The third-order valence-corrected chi connectivity index (χ3v) is 4.96. The molecule has 0 fully saturated rings. The maximum absolute atomic E-state index is 12.8. The standard InChI is InChI=1S/C19H19F3N4O/c20-19(21,22)16-11-26-10-12(5-6-17(26)25-16)8-23-9-14-7-13-3-1-2-4-15(13)24-18(14)27/h1-4,7,11-12,23H,5-6,8-10H2,(H,24,27). The average molecular weight is 376 g/mol. The van der Waals surface area contributed by atoms with E-state index in [0.29, 0.717) is 37.4 Å². The van der Waals surface area contributed by atoms with Crippen LogP contribution in [0, 0.1) is 5.92 Å². The average Bonchev–Trinajstić information content (AvgIpc) is 3.06. The summed E-state index contributed by atoms with van der Waals surface area (Å²) in [5.74, 6) is 0.692. The Kier molecular flexibility index (Phi) is 4.51. The van der Waals surface area contributed by atoms with Crippen molar-refractivity contribution in [2.45, 2.75) is 32.1 Å². The third kappa shape index (κ3) is 3.75. The lowest BCUT2D eigenvalue weighted by Crippen LogP contribution is -2.31. The lowest BCUT2D eigenvalue weighted by Gasteiger charge is -2.24. The second-order valence-electron chi connectivity index (χ2n) is 6.94. The van der Waals surface area contributed by atoms with Gasteiger partial charge in [-0.2, -0.15) is 13.2 Å². The number of pyridine rings is 1. The van der Waals surface area contributed by atoms with Crippen LogP contribution in [-0.4, -0.2) is 21.1 Å². The Morgan fingerprint density at radius 3 is 2.93 bits per heavy atom. The van der Waals surface area contributed by atoms with Crippen LogP contribution in [0.4, 0.5) is 13.2 Å². The van der Waals surface area contributed by atoms with E-state index in [1.165, 1.54) is 0 Å². The Balaban J connectivity index is 1.38. The van der Waals surface area contributed by atoms with Crippen LogP contribution in [0.2, 0.25) is 0 Å². The number of hydrogen-bond donors (Lipinski definition) is 2. The number of imidazole rings is 1. The van der Waals surface area contributed by atoms with Crippen molar-refractivity contribution in [3.63, 3.8) is 0 Å². The smallest absolute Gasteiger partial charge is 0.334 e. The number of rotatable bonds is 4. The molecule has 0 radical (unpaired) electrons. The van der Waals surface area contributed by atoms with Crippen LogP contribution in [0.3, 0.4) is 0 Å². The van der Waals surface area contributed by atoms with Crippen molar-refractivity contribution in [2.24, 2.45) is 5.92 Å². The van der Waals surface area contributed by atoms with Gasteiger partial charge in [-0.1, -0.05) is 18.2 Å². The lowest BCUT2D eigenvalue weighted by molar-refractivity contribution is -0.141. The molecule has 0 saturated heterocycles. The van der Waals surface area contributed by atoms with E-state index in [0.717, 1.165) is 23.5 Å². The highest BCUT2D eigenvalue weighted by Crippen LogP contribution is 2.30.